The summed E-state index contributed by atoms with van der Waals surface area (Å²) in [7, 11) is 1.90. The molecule has 9 nitrogen and oxygen atoms in total. The number of hydrogen-bond acceptors (Lipinski definition) is 7. The molecule has 2 atom stereocenters. The molecule has 0 saturated carbocycles. The highest BCUT2D eigenvalue weighted by atomic mass is 19.1. The molecule has 0 radical (unpaired) electrons. The minimum Gasteiger partial charge on any atom is -0.463 e. The van der Waals surface area contributed by atoms with Gasteiger partial charge in [0.25, 0.3) is 6.47 Å². The Hall–Kier alpha value is -4.08. The van der Waals surface area contributed by atoms with Crippen molar-refractivity contribution in [1.82, 2.24) is 15.2 Å². The van der Waals surface area contributed by atoms with Crippen LogP contribution in [0.3, 0.4) is 0 Å². The number of nitrogens with zero attached hydrogens (tertiary/aromatic N) is 2. The lowest BCUT2D eigenvalue weighted by Crippen LogP contribution is -2.47. The summed E-state index contributed by atoms with van der Waals surface area (Å²) < 4.78 is 20.0. The van der Waals surface area contributed by atoms with E-state index in [1.807, 2.05) is 31.9 Å². The molecule has 218 valence electrons. The van der Waals surface area contributed by atoms with Gasteiger partial charge in [0.2, 0.25) is 11.8 Å². The van der Waals surface area contributed by atoms with Gasteiger partial charge in [0, 0.05) is 36.2 Å². The Bertz CT molecular complexity index is 1510. The van der Waals surface area contributed by atoms with Gasteiger partial charge in [-0.25, -0.2) is 9.37 Å². The van der Waals surface area contributed by atoms with Crippen LogP contribution in [0.5, 0.6) is 0 Å². The third kappa shape index (κ3) is 5.23. The van der Waals surface area contributed by atoms with Crippen molar-refractivity contribution in [3.8, 4) is 0 Å². The number of halogens is 1. The van der Waals surface area contributed by atoms with Crippen molar-refractivity contribution in [1.29, 1.82) is 0 Å². The number of primary amides is 1. The monoisotopic (exact) mass is 564 g/mol. The van der Waals surface area contributed by atoms with Crippen LogP contribution in [0.15, 0.2) is 23.3 Å². The number of hydrogen-bond donors (Lipinski definition) is 2. The predicted molar refractivity (Wildman–Crippen MR) is 153 cm³/mol. The minimum atomic E-state index is -1.42. The first kappa shape index (κ1) is 29.9. The standard InChI is InChI=1S/C31H37FN4O5/c1-7-16(2)20(18(13-37)14-41-15-38)10-25-28-21(12-36(25)6)27-23(35-30(40)31(4,5)29(33)39)9-8-19-17(3)22(32)11-24(34-28)26(19)27/h10-11,13,15-16,23H,7-9,12,14H2,1-6H3,(H2,33,39)(H,35,40)/b20-18-,25-10-. The van der Waals surface area contributed by atoms with Crippen molar-refractivity contribution in [2.75, 3.05) is 13.7 Å². The van der Waals surface area contributed by atoms with Crippen LogP contribution in [-0.2, 0) is 36.9 Å². The zero-order valence-electron chi connectivity index (χ0n) is 24.4. The second-order valence-corrected chi connectivity index (χ2v) is 11.5. The van der Waals surface area contributed by atoms with Crippen molar-refractivity contribution >= 4 is 41.2 Å². The quantitative estimate of drug-likeness (QED) is 0.255. The molecular formula is C31H37FN4O5. The van der Waals surface area contributed by atoms with Crippen molar-refractivity contribution in [3.63, 3.8) is 0 Å². The van der Waals surface area contributed by atoms with Gasteiger partial charge in [-0.05, 0) is 74.3 Å². The lowest BCUT2D eigenvalue weighted by atomic mass is 9.81. The van der Waals surface area contributed by atoms with E-state index >= 15 is 4.39 Å². The number of carbonyl (C=O) groups excluding carboxylic acids is 4. The van der Waals surface area contributed by atoms with Gasteiger partial charge in [-0.3, -0.25) is 19.2 Å². The highest BCUT2D eigenvalue weighted by molar-refractivity contribution is 6.04. The zero-order chi connectivity index (χ0) is 30.2. The summed E-state index contributed by atoms with van der Waals surface area (Å²) in [5, 5.41) is 3.87. The fourth-order valence-corrected chi connectivity index (χ4v) is 5.65. The molecule has 2 aromatic rings. The average molecular weight is 565 g/mol. The van der Waals surface area contributed by atoms with Crippen LogP contribution in [0.1, 0.15) is 74.5 Å². The second-order valence-electron chi connectivity index (χ2n) is 11.5. The molecule has 0 saturated heterocycles. The normalized spacial score (nSPS) is 18.6. The van der Waals surface area contributed by atoms with Gasteiger partial charge in [-0.2, -0.15) is 0 Å². The van der Waals surface area contributed by atoms with E-state index in [9.17, 15) is 19.2 Å². The lowest BCUT2D eigenvalue weighted by molar-refractivity contribution is -0.140. The van der Waals surface area contributed by atoms with Gasteiger partial charge in [0.1, 0.15) is 24.1 Å². The third-order valence-electron chi connectivity index (χ3n) is 8.57. The number of benzene rings is 1. The number of rotatable bonds is 10. The zero-order valence-corrected chi connectivity index (χ0v) is 24.4. The van der Waals surface area contributed by atoms with Crippen LogP contribution in [0, 0.1) is 24.1 Å². The average Bonchev–Trinajstić information content (AvgIpc) is 3.25. The number of fused-ring (bicyclic) bond motifs is 2. The number of allylic oxidation sites excluding steroid dienone is 2. The first-order chi connectivity index (χ1) is 19.4. The number of nitrogens with one attached hydrogen (secondary N) is 1. The maximum Gasteiger partial charge on any atom is 0.293 e. The molecule has 41 heavy (non-hydrogen) atoms. The molecule has 0 spiro atoms. The molecule has 1 aromatic carbocycles. The van der Waals surface area contributed by atoms with Gasteiger partial charge in [0.05, 0.1) is 22.9 Å². The van der Waals surface area contributed by atoms with E-state index in [0.29, 0.717) is 54.5 Å². The van der Waals surface area contributed by atoms with E-state index in [0.717, 1.165) is 39.8 Å². The van der Waals surface area contributed by atoms with Gasteiger partial charge in [0.15, 0.2) is 0 Å². The Morgan fingerprint density at radius 3 is 2.63 bits per heavy atom. The molecule has 2 amide bonds. The van der Waals surface area contributed by atoms with Crippen LogP contribution in [0.25, 0.3) is 16.6 Å². The number of aryl methyl sites for hydroxylation is 1. The Balaban J connectivity index is 1.97. The van der Waals surface area contributed by atoms with Crippen molar-refractivity contribution < 1.29 is 28.3 Å². The fourth-order valence-electron chi connectivity index (χ4n) is 5.65. The topological polar surface area (TPSA) is 132 Å². The first-order valence-electron chi connectivity index (χ1n) is 13.8. The van der Waals surface area contributed by atoms with Crippen molar-refractivity contribution in [3.05, 3.63) is 57.1 Å². The van der Waals surface area contributed by atoms with Crippen LogP contribution in [-0.4, -0.2) is 48.1 Å². The molecular weight excluding hydrogens is 527 g/mol. The van der Waals surface area contributed by atoms with Crippen molar-refractivity contribution in [2.45, 2.75) is 66.5 Å². The maximum absolute atomic E-state index is 15.1. The van der Waals surface area contributed by atoms with E-state index in [2.05, 4.69) is 5.32 Å². The summed E-state index contributed by atoms with van der Waals surface area (Å²) in [6.07, 6.45) is 4.38. The SMILES string of the molecule is CCC(C)C(/C=C1/c2nc3cc(F)c(C)c4c3c(c2CN1C)C(NC(=O)C(C)(C)C(N)=O)CC4)=C(/C=O)COC=O. The van der Waals surface area contributed by atoms with E-state index in [4.69, 9.17) is 15.5 Å². The van der Waals surface area contributed by atoms with Gasteiger partial charge >= 0.3 is 0 Å². The molecule has 10 heteroatoms. The Kier molecular flexibility index (Phi) is 8.33. The number of pyridine rings is 1. The van der Waals surface area contributed by atoms with Gasteiger partial charge < -0.3 is 20.7 Å². The summed E-state index contributed by atoms with van der Waals surface area (Å²) >= 11 is 0. The summed E-state index contributed by atoms with van der Waals surface area (Å²) in [4.78, 5) is 55.0. The molecule has 0 fully saturated rings. The number of carbonyl (C=O) groups is 4. The van der Waals surface area contributed by atoms with E-state index < -0.39 is 23.3 Å². The Labute approximate surface area is 239 Å². The van der Waals surface area contributed by atoms with Crippen LogP contribution in [0.2, 0.25) is 0 Å². The highest BCUT2D eigenvalue weighted by Crippen LogP contribution is 2.45. The predicted octanol–water partition coefficient (Wildman–Crippen LogP) is 3.80. The van der Waals surface area contributed by atoms with E-state index in [1.165, 1.54) is 19.9 Å². The second kappa shape index (κ2) is 11.4. The summed E-state index contributed by atoms with van der Waals surface area (Å²) in [5.41, 5.74) is 10.2. The molecule has 1 aromatic heterocycles. The number of aromatic nitrogens is 1. The molecule has 2 aliphatic rings. The third-order valence-corrected chi connectivity index (χ3v) is 8.57. The minimum absolute atomic E-state index is 0.0241. The summed E-state index contributed by atoms with van der Waals surface area (Å²) in [5.74, 6) is -1.59. The number of nitrogens with two attached hydrogens (primary N) is 1. The molecule has 2 heterocycles. The fraction of sp³-hybridized carbons (Fsp3) is 0.452. The Morgan fingerprint density at radius 1 is 1.32 bits per heavy atom. The van der Waals surface area contributed by atoms with E-state index in [1.54, 1.807) is 6.92 Å². The smallest absolute Gasteiger partial charge is 0.293 e. The maximum atomic E-state index is 15.1. The molecule has 1 aliphatic carbocycles. The van der Waals surface area contributed by atoms with Crippen LogP contribution >= 0.6 is 0 Å². The lowest BCUT2D eigenvalue weighted by Gasteiger charge is -2.31. The molecule has 0 bridgehead atoms. The number of ether oxygens (including phenoxy) is 1. The first-order valence-corrected chi connectivity index (χ1v) is 13.8. The van der Waals surface area contributed by atoms with Crippen LogP contribution in [0.4, 0.5) is 4.39 Å². The van der Waals surface area contributed by atoms with Crippen LogP contribution < -0.4 is 11.1 Å². The summed E-state index contributed by atoms with van der Waals surface area (Å²) in [6, 6.07) is 0.979. The number of amides is 2. The van der Waals surface area contributed by atoms with E-state index in [-0.39, 0.29) is 18.3 Å². The molecule has 3 N–H and O–H groups in total. The summed E-state index contributed by atoms with van der Waals surface area (Å²) in [6.45, 7) is 9.34. The molecule has 1 aliphatic heterocycles. The van der Waals surface area contributed by atoms with Gasteiger partial charge in [-0.1, -0.05) is 13.8 Å². The highest BCUT2D eigenvalue weighted by Gasteiger charge is 2.39. The molecule has 2 unspecified atom stereocenters. The van der Waals surface area contributed by atoms with Crippen molar-refractivity contribution in [2.24, 2.45) is 17.1 Å². The van der Waals surface area contributed by atoms with Gasteiger partial charge in [-0.15, -0.1) is 0 Å². The largest absolute Gasteiger partial charge is 0.463 e. The Morgan fingerprint density at radius 2 is 2.02 bits per heavy atom. The molecule has 4 rings (SSSR count). The number of aldehydes is 1.